The van der Waals surface area contributed by atoms with Gasteiger partial charge in [0, 0.05) is 23.7 Å². The molecule has 0 radical (unpaired) electrons. The fourth-order valence-electron chi connectivity index (χ4n) is 2.27. The lowest BCUT2D eigenvalue weighted by molar-refractivity contribution is 0.241. The van der Waals surface area contributed by atoms with Crippen molar-refractivity contribution in [3.63, 3.8) is 0 Å². The molecular weight excluding hydrogens is 336 g/mol. The fourth-order valence-corrected chi connectivity index (χ4v) is 3.06. The molecule has 0 saturated heterocycles. The van der Waals surface area contributed by atoms with Gasteiger partial charge in [0.25, 0.3) is 0 Å². The summed E-state index contributed by atoms with van der Waals surface area (Å²) in [5.41, 5.74) is 1.08. The highest BCUT2D eigenvalue weighted by Gasteiger charge is 2.05. The molecule has 5 nitrogen and oxygen atoms in total. The molecule has 0 aliphatic carbocycles. The predicted octanol–water partition coefficient (Wildman–Crippen LogP) is 3.34. The van der Waals surface area contributed by atoms with E-state index in [0.717, 1.165) is 17.7 Å². The third-order valence-electron chi connectivity index (χ3n) is 3.55. The van der Waals surface area contributed by atoms with Crippen LogP contribution in [-0.2, 0) is 6.42 Å². The van der Waals surface area contributed by atoms with E-state index in [1.54, 1.807) is 26.0 Å². The second-order valence-corrected chi connectivity index (χ2v) is 6.45. The van der Waals surface area contributed by atoms with Crippen LogP contribution in [0.3, 0.4) is 0 Å². The van der Waals surface area contributed by atoms with Gasteiger partial charge < -0.3 is 20.1 Å². The summed E-state index contributed by atoms with van der Waals surface area (Å²) in [6.45, 7) is 1.19. The third kappa shape index (κ3) is 6.58. The van der Waals surface area contributed by atoms with E-state index in [1.165, 1.54) is 4.90 Å². The minimum atomic E-state index is -0.144. The lowest BCUT2D eigenvalue weighted by Gasteiger charge is -2.10. The van der Waals surface area contributed by atoms with Crippen molar-refractivity contribution in [1.29, 1.82) is 0 Å². The Balaban J connectivity index is 1.63. The number of rotatable bonds is 9. The molecule has 2 aromatic rings. The number of ether oxygens (including phenoxy) is 2. The van der Waals surface area contributed by atoms with Crippen LogP contribution in [0.5, 0.6) is 11.5 Å². The van der Waals surface area contributed by atoms with Crippen molar-refractivity contribution < 1.29 is 14.3 Å². The van der Waals surface area contributed by atoms with E-state index in [-0.39, 0.29) is 6.03 Å². The van der Waals surface area contributed by atoms with E-state index in [0.29, 0.717) is 24.6 Å². The highest BCUT2D eigenvalue weighted by Crippen LogP contribution is 2.27. The van der Waals surface area contributed by atoms with Gasteiger partial charge in [0.05, 0.1) is 14.2 Å². The summed E-state index contributed by atoms with van der Waals surface area (Å²) in [5, 5.41) is 5.73. The monoisotopic (exact) mass is 360 g/mol. The first-order chi connectivity index (χ1) is 12.2. The number of hydrogen-bond donors (Lipinski definition) is 2. The number of carbonyl (C=O) groups excluding carboxylic acids is 1. The Morgan fingerprint density at radius 1 is 0.960 bits per heavy atom. The maximum atomic E-state index is 11.8. The van der Waals surface area contributed by atoms with Gasteiger partial charge in [0.2, 0.25) is 0 Å². The molecule has 25 heavy (non-hydrogen) atoms. The zero-order chi connectivity index (χ0) is 17.9. The summed E-state index contributed by atoms with van der Waals surface area (Å²) < 4.78 is 10.5. The summed E-state index contributed by atoms with van der Waals surface area (Å²) in [5.74, 6) is 2.24. The summed E-state index contributed by atoms with van der Waals surface area (Å²) >= 11 is 1.72. The minimum Gasteiger partial charge on any atom is -0.493 e. The maximum absolute atomic E-state index is 11.8. The molecule has 0 fully saturated rings. The number of carbonyl (C=O) groups is 1. The van der Waals surface area contributed by atoms with Gasteiger partial charge in [0.15, 0.2) is 11.5 Å². The molecule has 0 spiro atoms. The molecule has 0 bridgehead atoms. The standard InChI is InChI=1S/C19H24N2O3S/c1-23-17-9-8-15(14-18(17)24-2)10-11-20-19(22)21-12-13-25-16-6-4-3-5-7-16/h3-9,14H,10-13H2,1-2H3,(H2,20,21,22). The first kappa shape index (κ1) is 19.0. The van der Waals surface area contributed by atoms with E-state index in [1.807, 2.05) is 36.4 Å². The molecule has 134 valence electrons. The van der Waals surface area contributed by atoms with Gasteiger partial charge in [-0.3, -0.25) is 0 Å². The highest BCUT2D eigenvalue weighted by atomic mass is 32.2. The predicted molar refractivity (Wildman–Crippen MR) is 102 cm³/mol. The summed E-state index contributed by atoms with van der Waals surface area (Å²) in [7, 11) is 3.22. The minimum absolute atomic E-state index is 0.144. The van der Waals surface area contributed by atoms with Gasteiger partial charge in [-0.2, -0.15) is 0 Å². The Morgan fingerprint density at radius 2 is 1.68 bits per heavy atom. The molecule has 0 saturated carbocycles. The van der Waals surface area contributed by atoms with Crippen molar-refractivity contribution in [3.05, 3.63) is 54.1 Å². The zero-order valence-electron chi connectivity index (χ0n) is 14.6. The lowest BCUT2D eigenvalue weighted by atomic mass is 10.1. The van der Waals surface area contributed by atoms with E-state index in [4.69, 9.17) is 9.47 Å². The van der Waals surface area contributed by atoms with Crippen LogP contribution in [0.1, 0.15) is 5.56 Å². The number of methoxy groups -OCH3 is 2. The molecule has 2 rings (SSSR count). The molecule has 2 amide bonds. The van der Waals surface area contributed by atoms with Gasteiger partial charge in [-0.05, 0) is 36.2 Å². The van der Waals surface area contributed by atoms with Crippen molar-refractivity contribution in [1.82, 2.24) is 10.6 Å². The van der Waals surface area contributed by atoms with E-state index in [2.05, 4.69) is 22.8 Å². The molecule has 0 aliphatic heterocycles. The number of thioether (sulfide) groups is 1. The molecule has 0 unspecified atom stereocenters. The van der Waals surface area contributed by atoms with Crippen molar-refractivity contribution >= 4 is 17.8 Å². The second-order valence-electron chi connectivity index (χ2n) is 5.28. The number of amides is 2. The van der Waals surface area contributed by atoms with Crippen LogP contribution < -0.4 is 20.1 Å². The van der Waals surface area contributed by atoms with Gasteiger partial charge in [-0.1, -0.05) is 24.3 Å². The Bertz CT molecular complexity index is 665. The summed E-state index contributed by atoms with van der Waals surface area (Å²) in [6, 6.07) is 15.8. The molecule has 2 aromatic carbocycles. The van der Waals surface area contributed by atoms with Crippen LogP contribution in [0.15, 0.2) is 53.4 Å². The Labute approximate surface area is 153 Å². The van der Waals surface area contributed by atoms with Crippen molar-refractivity contribution in [2.45, 2.75) is 11.3 Å². The van der Waals surface area contributed by atoms with Crippen LogP contribution >= 0.6 is 11.8 Å². The molecular formula is C19H24N2O3S. The topological polar surface area (TPSA) is 59.6 Å². The third-order valence-corrected chi connectivity index (χ3v) is 4.56. The average Bonchev–Trinajstić information content (AvgIpc) is 2.66. The average molecular weight is 360 g/mol. The highest BCUT2D eigenvalue weighted by molar-refractivity contribution is 7.99. The molecule has 0 aromatic heterocycles. The molecule has 0 atom stereocenters. The van der Waals surface area contributed by atoms with Gasteiger partial charge in [-0.25, -0.2) is 4.79 Å². The van der Waals surface area contributed by atoms with Gasteiger partial charge in [-0.15, -0.1) is 11.8 Å². The second kappa shape index (κ2) is 10.5. The van der Waals surface area contributed by atoms with E-state index < -0.39 is 0 Å². The number of nitrogens with one attached hydrogen (secondary N) is 2. The lowest BCUT2D eigenvalue weighted by Crippen LogP contribution is -2.37. The van der Waals surface area contributed by atoms with Crippen LogP contribution in [-0.4, -0.2) is 39.1 Å². The number of hydrogen-bond acceptors (Lipinski definition) is 4. The van der Waals surface area contributed by atoms with Crippen molar-refractivity contribution in [2.75, 3.05) is 33.1 Å². The molecule has 6 heteroatoms. The first-order valence-electron chi connectivity index (χ1n) is 8.13. The smallest absolute Gasteiger partial charge is 0.314 e. The Morgan fingerprint density at radius 3 is 2.40 bits per heavy atom. The summed E-state index contributed by atoms with van der Waals surface area (Å²) in [4.78, 5) is 13.0. The molecule has 0 heterocycles. The SMILES string of the molecule is COc1ccc(CCNC(=O)NCCSc2ccccc2)cc1OC. The van der Waals surface area contributed by atoms with Crippen molar-refractivity contribution in [2.24, 2.45) is 0 Å². The van der Waals surface area contributed by atoms with Gasteiger partial charge in [0.1, 0.15) is 0 Å². The van der Waals surface area contributed by atoms with Crippen LogP contribution in [0.25, 0.3) is 0 Å². The van der Waals surface area contributed by atoms with Crippen LogP contribution in [0.2, 0.25) is 0 Å². The van der Waals surface area contributed by atoms with E-state index in [9.17, 15) is 4.79 Å². The van der Waals surface area contributed by atoms with Crippen LogP contribution in [0, 0.1) is 0 Å². The first-order valence-corrected chi connectivity index (χ1v) is 9.12. The maximum Gasteiger partial charge on any atom is 0.314 e. The normalized spacial score (nSPS) is 10.2. The largest absolute Gasteiger partial charge is 0.493 e. The fraction of sp³-hybridized carbons (Fsp3) is 0.316. The van der Waals surface area contributed by atoms with Crippen molar-refractivity contribution in [3.8, 4) is 11.5 Å². The quantitative estimate of drug-likeness (QED) is 0.532. The number of benzene rings is 2. The molecule has 0 aliphatic rings. The summed E-state index contributed by atoms with van der Waals surface area (Å²) in [6.07, 6.45) is 0.729. The van der Waals surface area contributed by atoms with Gasteiger partial charge >= 0.3 is 6.03 Å². The van der Waals surface area contributed by atoms with Crippen LogP contribution in [0.4, 0.5) is 4.79 Å². The zero-order valence-corrected chi connectivity index (χ0v) is 15.4. The molecule has 2 N–H and O–H groups in total. The Hall–Kier alpha value is -2.34. The van der Waals surface area contributed by atoms with E-state index >= 15 is 0 Å². The number of urea groups is 1. The Kier molecular flexibility index (Phi) is 7.98.